The van der Waals surface area contributed by atoms with E-state index in [0.29, 0.717) is 12.8 Å². The Morgan fingerprint density at radius 2 is 1.92 bits per heavy atom. The molecule has 1 aliphatic carbocycles. The van der Waals surface area contributed by atoms with Crippen molar-refractivity contribution in [1.82, 2.24) is 5.32 Å². The molecule has 3 heteroatoms. The number of carbonyl (C=O) groups is 2. The molecule has 0 aromatic carbocycles. The molecule has 0 aromatic rings. The molecule has 3 nitrogen and oxygen atoms in total. The van der Waals surface area contributed by atoms with Crippen LogP contribution in [0, 0.1) is 11.3 Å². The van der Waals surface area contributed by atoms with E-state index in [9.17, 15) is 9.59 Å². The van der Waals surface area contributed by atoms with Crippen molar-refractivity contribution in [2.24, 2.45) is 11.3 Å². The molecule has 1 aliphatic heterocycles. The van der Waals surface area contributed by atoms with Gasteiger partial charge in [0, 0.05) is 17.8 Å². The van der Waals surface area contributed by atoms with Gasteiger partial charge in [-0.3, -0.25) is 9.59 Å². The molecular weight excluding hydrogens is 166 g/mol. The number of fused-ring (bicyclic) bond motifs is 2. The summed E-state index contributed by atoms with van der Waals surface area (Å²) in [7, 11) is 0. The highest BCUT2D eigenvalue weighted by atomic mass is 16.2. The third-order valence-electron chi connectivity index (χ3n) is 4.07. The number of nitrogens with one attached hydrogen (secondary N) is 1. The van der Waals surface area contributed by atoms with Crippen LogP contribution >= 0.6 is 0 Å². The van der Waals surface area contributed by atoms with Crippen LogP contribution in [-0.2, 0) is 9.59 Å². The lowest BCUT2D eigenvalue weighted by molar-refractivity contribution is -0.131. The molecule has 0 spiro atoms. The lowest BCUT2D eigenvalue weighted by atomic mass is 9.61. The monoisotopic (exact) mass is 181 g/mol. The fraction of sp³-hybridized carbons (Fsp3) is 0.800. The third kappa shape index (κ3) is 0.798. The zero-order valence-corrected chi connectivity index (χ0v) is 8.31. The average molecular weight is 181 g/mol. The molecule has 1 saturated carbocycles. The third-order valence-corrected chi connectivity index (χ3v) is 4.07. The van der Waals surface area contributed by atoms with Crippen LogP contribution in [0.1, 0.15) is 33.6 Å². The van der Waals surface area contributed by atoms with Crippen molar-refractivity contribution in [2.75, 3.05) is 0 Å². The summed E-state index contributed by atoms with van der Waals surface area (Å²) >= 11 is 0. The normalized spacial score (nSPS) is 41.9. The van der Waals surface area contributed by atoms with E-state index in [1.807, 2.05) is 20.8 Å². The topological polar surface area (TPSA) is 46.2 Å². The molecule has 1 saturated heterocycles. The van der Waals surface area contributed by atoms with E-state index in [2.05, 4.69) is 5.32 Å². The molecule has 2 unspecified atom stereocenters. The van der Waals surface area contributed by atoms with Gasteiger partial charge in [0.2, 0.25) is 5.91 Å². The highest BCUT2D eigenvalue weighted by molar-refractivity contribution is 6.00. The van der Waals surface area contributed by atoms with Gasteiger partial charge in [0.25, 0.3) is 0 Å². The molecule has 0 aromatic heterocycles. The lowest BCUT2D eigenvalue weighted by Gasteiger charge is -2.42. The quantitative estimate of drug-likeness (QED) is 0.603. The van der Waals surface area contributed by atoms with Gasteiger partial charge in [-0.1, -0.05) is 13.8 Å². The van der Waals surface area contributed by atoms with Crippen LogP contribution in [-0.4, -0.2) is 17.2 Å². The first-order valence-corrected chi connectivity index (χ1v) is 4.75. The van der Waals surface area contributed by atoms with Gasteiger partial charge in [-0.2, -0.15) is 0 Å². The predicted molar refractivity (Wildman–Crippen MR) is 48.1 cm³/mol. The summed E-state index contributed by atoms with van der Waals surface area (Å²) < 4.78 is 0. The van der Waals surface area contributed by atoms with E-state index in [1.165, 1.54) is 0 Å². The molecular formula is C10H15NO2. The Bertz CT molecular complexity index is 295. The van der Waals surface area contributed by atoms with Crippen molar-refractivity contribution >= 4 is 11.7 Å². The molecule has 2 atom stereocenters. The van der Waals surface area contributed by atoms with Crippen LogP contribution in [0.5, 0.6) is 0 Å². The molecule has 1 N–H and O–H groups in total. The van der Waals surface area contributed by atoms with Crippen LogP contribution in [0.4, 0.5) is 0 Å². The van der Waals surface area contributed by atoms with E-state index < -0.39 is 5.54 Å². The summed E-state index contributed by atoms with van der Waals surface area (Å²) in [5, 5.41) is 2.84. The largest absolute Gasteiger partial charge is 0.343 e. The first-order valence-electron chi connectivity index (χ1n) is 4.75. The summed E-state index contributed by atoms with van der Waals surface area (Å²) in [6.45, 7) is 5.87. The van der Waals surface area contributed by atoms with Crippen LogP contribution in [0.2, 0.25) is 0 Å². The first-order chi connectivity index (χ1) is 5.89. The van der Waals surface area contributed by atoms with E-state index in [1.54, 1.807) is 0 Å². The SMILES string of the molecule is CC12NC(=O)C(CCC1=O)C2(C)C. The van der Waals surface area contributed by atoms with Crippen LogP contribution in [0.3, 0.4) is 0 Å². The van der Waals surface area contributed by atoms with Crippen LogP contribution < -0.4 is 5.32 Å². The Hall–Kier alpha value is -0.860. The molecule has 2 aliphatic rings. The smallest absolute Gasteiger partial charge is 0.224 e. The van der Waals surface area contributed by atoms with Gasteiger partial charge in [-0.15, -0.1) is 0 Å². The fourth-order valence-corrected chi connectivity index (χ4v) is 2.62. The second kappa shape index (κ2) is 2.14. The summed E-state index contributed by atoms with van der Waals surface area (Å²) in [4.78, 5) is 23.3. The Labute approximate surface area is 77.9 Å². The van der Waals surface area contributed by atoms with Crippen molar-refractivity contribution in [3.8, 4) is 0 Å². The molecule has 0 radical (unpaired) electrons. The Kier molecular flexibility index (Phi) is 1.44. The highest BCUT2D eigenvalue weighted by Crippen LogP contribution is 2.50. The molecule has 1 heterocycles. The molecule has 2 rings (SSSR count). The Balaban J connectivity index is 2.52. The molecule has 2 bridgehead atoms. The van der Waals surface area contributed by atoms with Crippen molar-refractivity contribution < 1.29 is 9.59 Å². The Morgan fingerprint density at radius 3 is 2.46 bits per heavy atom. The summed E-state index contributed by atoms with van der Waals surface area (Å²) in [5.74, 6) is 0.258. The van der Waals surface area contributed by atoms with Crippen molar-refractivity contribution in [3.63, 3.8) is 0 Å². The van der Waals surface area contributed by atoms with Gasteiger partial charge >= 0.3 is 0 Å². The van der Waals surface area contributed by atoms with E-state index >= 15 is 0 Å². The molecule has 2 fully saturated rings. The Morgan fingerprint density at radius 1 is 1.31 bits per heavy atom. The van der Waals surface area contributed by atoms with Gasteiger partial charge in [-0.25, -0.2) is 0 Å². The fourth-order valence-electron chi connectivity index (χ4n) is 2.62. The van der Waals surface area contributed by atoms with Gasteiger partial charge in [0.15, 0.2) is 5.78 Å². The van der Waals surface area contributed by atoms with Crippen LogP contribution in [0.25, 0.3) is 0 Å². The van der Waals surface area contributed by atoms with Gasteiger partial charge in [0.05, 0.1) is 0 Å². The van der Waals surface area contributed by atoms with Crippen LogP contribution in [0.15, 0.2) is 0 Å². The van der Waals surface area contributed by atoms with E-state index in [0.717, 1.165) is 0 Å². The maximum Gasteiger partial charge on any atom is 0.224 e. The number of amides is 1. The predicted octanol–water partition coefficient (Wildman–Crippen LogP) is 0.880. The standard InChI is InChI=1S/C10H15NO2/c1-9(2)6-4-5-7(12)10(9,3)11-8(6)13/h6H,4-5H2,1-3H3,(H,11,13). The second-order valence-electron chi connectivity index (χ2n) is 4.85. The van der Waals surface area contributed by atoms with Gasteiger partial charge in [-0.05, 0) is 13.3 Å². The minimum atomic E-state index is -0.618. The van der Waals surface area contributed by atoms with Crippen molar-refractivity contribution in [2.45, 2.75) is 39.2 Å². The highest BCUT2D eigenvalue weighted by Gasteiger charge is 2.62. The summed E-state index contributed by atoms with van der Waals surface area (Å²) in [6.07, 6.45) is 1.26. The minimum absolute atomic E-state index is 0.0233. The van der Waals surface area contributed by atoms with E-state index in [-0.39, 0.29) is 23.0 Å². The number of carbonyl (C=O) groups excluding carboxylic acids is 2. The lowest BCUT2D eigenvalue weighted by Crippen LogP contribution is -2.56. The number of rotatable bonds is 0. The van der Waals surface area contributed by atoms with Gasteiger partial charge < -0.3 is 5.32 Å². The number of ketones is 1. The summed E-state index contributed by atoms with van der Waals surface area (Å²) in [6, 6.07) is 0. The van der Waals surface area contributed by atoms with Gasteiger partial charge in [0.1, 0.15) is 5.54 Å². The second-order valence-corrected chi connectivity index (χ2v) is 4.85. The minimum Gasteiger partial charge on any atom is -0.343 e. The van der Waals surface area contributed by atoms with E-state index in [4.69, 9.17) is 0 Å². The molecule has 13 heavy (non-hydrogen) atoms. The number of hydrogen-bond donors (Lipinski definition) is 1. The maximum atomic E-state index is 11.7. The summed E-state index contributed by atoms with van der Waals surface area (Å²) in [5.41, 5.74) is -0.841. The number of hydrogen-bond acceptors (Lipinski definition) is 2. The number of Topliss-reactive ketones (excluding diaryl/α,β-unsaturated/α-hetero) is 1. The molecule has 1 amide bonds. The zero-order valence-electron chi connectivity index (χ0n) is 8.31. The van der Waals surface area contributed by atoms with Crippen molar-refractivity contribution in [1.29, 1.82) is 0 Å². The average Bonchev–Trinajstić information content (AvgIpc) is 2.13. The first kappa shape index (κ1) is 8.73. The molecule has 72 valence electrons. The maximum absolute atomic E-state index is 11.7. The zero-order chi connectivity index (χ0) is 9.85. The van der Waals surface area contributed by atoms with Crippen molar-refractivity contribution in [3.05, 3.63) is 0 Å².